The molecule has 5 rings (SSSR count). The summed E-state index contributed by atoms with van der Waals surface area (Å²) >= 11 is 0.787. The maximum Gasteiger partial charge on any atom is 0.248 e. The van der Waals surface area contributed by atoms with Crippen LogP contribution in [0.4, 0.5) is 5.69 Å². The van der Waals surface area contributed by atoms with Crippen LogP contribution in [0, 0.1) is 11.8 Å². The molecule has 1 fully saturated rings. The molecule has 3 N–H and O–H groups in total. The van der Waals surface area contributed by atoms with Crippen LogP contribution in [0.15, 0.2) is 97.0 Å². The smallest absolute Gasteiger partial charge is 0.248 e. The molecular weight excluding hydrogens is 598 g/mol. The molecule has 0 bridgehead atoms. The van der Waals surface area contributed by atoms with E-state index in [1.165, 1.54) is 24.3 Å². The van der Waals surface area contributed by atoms with E-state index >= 15 is 0 Å². The molecule has 4 aromatic carbocycles. The molecule has 1 saturated heterocycles. The molecule has 3 amide bonds. The monoisotopic (exact) mass is 644 g/mol. The van der Waals surface area contributed by atoms with E-state index in [-0.39, 0.29) is 46.0 Å². The van der Waals surface area contributed by atoms with Gasteiger partial charge in [0.2, 0.25) is 17.7 Å². The number of primary amides is 1. The molecular formula is C37H35N3O5S. The highest BCUT2D eigenvalue weighted by molar-refractivity contribution is 8.01. The van der Waals surface area contributed by atoms with Crippen molar-refractivity contribution in [2.24, 2.45) is 5.73 Å². The van der Waals surface area contributed by atoms with Crippen molar-refractivity contribution < 1.29 is 38.9 Å². The van der Waals surface area contributed by atoms with Crippen molar-refractivity contribution in [2.75, 3.05) is 25.0 Å². The third-order valence-electron chi connectivity index (χ3n) is 6.58. The number of amides is 3. The molecule has 8 nitrogen and oxygen atoms in total. The minimum Gasteiger partial charge on any atom is -0.493 e. The Morgan fingerprint density at radius 2 is 1.80 bits per heavy atom. The highest BCUT2D eigenvalue weighted by Crippen LogP contribution is 2.46. The fourth-order valence-electron chi connectivity index (χ4n) is 4.44. The van der Waals surface area contributed by atoms with Crippen molar-refractivity contribution >= 4 is 35.2 Å². The Hall–Kier alpha value is -5.20. The second-order valence-electron chi connectivity index (χ2n) is 9.70. The topological polar surface area (TPSA) is 111 Å². The lowest BCUT2D eigenvalue weighted by atomic mass is 10.1. The van der Waals surface area contributed by atoms with E-state index < -0.39 is 78.8 Å². The fourth-order valence-corrected chi connectivity index (χ4v) is 5.83. The van der Waals surface area contributed by atoms with E-state index in [0.717, 1.165) is 34.9 Å². The average Bonchev–Trinajstić information content (AvgIpc) is 3.45. The van der Waals surface area contributed by atoms with Gasteiger partial charge in [-0.1, -0.05) is 54.3 Å². The van der Waals surface area contributed by atoms with Crippen molar-refractivity contribution in [3.63, 3.8) is 0 Å². The largest absolute Gasteiger partial charge is 0.493 e. The van der Waals surface area contributed by atoms with Crippen LogP contribution < -0.4 is 25.4 Å². The van der Waals surface area contributed by atoms with Crippen LogP contribution in [-0.2, 0) is 16.0 Å². The number of hydrogen-bond donors (Lipinski definition) is 2. The van der Waals surface area contributed by atoms with Gasteiger partial charge in [-0.2, -0.15) is 0 Å². The van der Waals surface area contributed by atoms with E-state index in [9.17, 15) is 14.4 Å². The van der Waals surface area contributed by atoms with Gasteiger partial charge in [0, 0.05) is 40.8 Å². The lowest BCUT2D eigenvalue weighted by molar-refractivity contribution is -0.124. The van der Waals surface area contributed by atoms with Gasteiger partial charge in [-0.15, -0.1) is 11.8 Å². The molecule has 0 spiro atoms. The molecule has 1 aliphatic rings. The number of carbonyl (C=O) groups is 3. The lowest BCUT2D eigenvalue weighted by Gasteiger charge is -2.24. The van der Waals surface area contributed by atoms with Crippen molar-refractivity contribution in [3.05, 3.63) is 125 Å². The summed E-state index contributed by atoms with van der Waals surface area (Å²) in [7, 11) is -2.86. The minimum atomic E-state index is -3.12. The minimum absolute atomic E-state index is 0.0113. The number of nitrogens with one attached hydrogen (secondary N) is 1. The van der Waals surface area contributed by atoms with Crippen molar-refractivity contribution in [3.8, 4) is 23.3 Å². The standard InChI is InChI=1S/C37H35N3O5S/c1-3-45-32-22-27(16-19-31(32)44-2)20-21-39-34(41)24-33-36(43)40(30-11-7-10-29(23-30)35(38)42)37(46-33)28-17-14-26(15-18-28)13-12-25-8-5-4-6-9-25/h4-11,14-19,22-23,33,37H,3,20-21,24H2,1-2H3,(H2,38,42)(H,39,41)/t33-,37+/m1/s1/i2D3,14D,15D,17D,18D,20D2,21D2. The van der Waals surface area contributed by atoms with Gasteiger partial charge < -0.3 is 20.5 Å². The molecule has 46 heavy (non-hydrogen) atoms. The molecule has 0 aliphatic carbocycles. The Labute approximate surface area is 288 Å². The summed E-state index contributed by atoms with van der Waals surface area (Å²) in [5.41, 5.74) is 5.43. The van der Waals surface area contributed by atoms with Crippen molar-refractivity contribution in [1.29, 1.82) is 0 Å². The average molecular weight is 645 g/mol. The summed E-state index contributed by atoms with van der Waals surface area (Å²) in [4.78, 5) is 40.9. The first-order valence-corrected chi connectivity index (χ1v) is 14.9. The predicted octanol–water partition coefficient (Wildman–Crippen LogP) is 5.49. The van der Waals surface area contributed by atoms with Gasteiger partial charge in [0.1, 0.15) is 5.37 Å². The van der Waals surface area contributed by atoms with Crippen LogP contribution in [0.2, 0.25) is 0 Å². The van der Waals surface area contributed by atoms with E-state index in [4.69, 9.17) is 30.3 Å². The first-order chi connectivity index (χ1) is 26.7. The molecule has 1 aliphatic heterocycles. The molecule has 234 valence electrons. The van der Waals surface area contributed by atoms with Gasteiger partial charge in [-0.25, -0.2) is 0 Å². The van der Waals surface area contributed by atoms with Gasteiger partial charge >= 0.3 is 0 Å². The molecule has 1 heterocycles. The molecule has 0 aromatic heterocycles. The third-order valence-corrected chi connectivity index (χ3v) is 7.98. The summed E-state index contributed by atoms with van der Waals surface area (Å²) in [6.45, 7) is -1.50. The number of benzene rings is 4. The number of methoxy groups -OCH3 is 1. The molecule has 0 radical (unpaired) electrons. The van der Waals surface area contributed by atoms with Gasteiger partial charge in [0.25, 0.3) is 0 Å². The van der Waals surface area contributed by atoms with Crippen LogP contribution in [0.5, 0.6) is 11.5 Å². The number of rotatable bonds is 11. The zero-order valence-electron chi connectivity index (χ0n) is 35.5. The summed E-state index contributed by atoms with van der Waals surface area (Å²) in [5, 5.41) is -0.599. The van der Waals surface area contributed by atoms with Crippen molar-refractivity contribution in [1.82, 2.24) is 5.32 Å². The number of nitrogens with two attached hydrogens (primary N) is 1. The Bertz CT molecular complexity index is 2250. The zero-order chi connectivity index (χ0) is 42.0. The SMILES string of the molecule is [2H]c1c([2H])c([C@@H]2S[C@H](CC(=O)NC([2H])([2H])C([2H])([2H])c3ccc(OC([2H])([2H])[2H])c(OCC)c3)C(=O)N2c2cccc(C(N)=O)c2)c([2H])c([2H])c1C#Cc1ccccc1. The number of carbonyl (C=O) groups excluding carboxylic acids is 3. The Kier molecular flexibility index (Phi) is 6.86. The fraction of sp³-hybridized carbons (Fsp3) is 0.216. The third kappa shape index (κ3) is 7.89. The first kappa shape index (κ1) is 20.8. The quantitative estimate of drug-likeness (QED) is 0.209. The summed E-state index contributed by atoms with van der Waals surface area (Å²) in [5.74, 6) is 2.44. The number of aryl methyl sites for hydroxylation is 1. The van der Waals surface area contributed by atoms with E-state index in [2.05, 4.69) is 11.8 Å². The van der Waals surface area contributed by atoms with Gasteiger partial charge in [-0.05, 0) is 79.0 Å². The zero-order valence-corrected chi connectivity index (χ0v) is 25.3. The van der Waals surface area contributed by atoms with Crippen LogP contribution in [-0.4, -0.2) is 43.1 Å². The van der Waals surface area contributed by atoms with E-state index in [1.807, 2.05) is 5.32 Å². The molecule has 9 heteroatoms. The molecule has 4 aromatic rings. The number of thioether (sulfide) groups is 1. The number of anilines is 1. The normalized spacial score (nSPS) is 19.9. The van der Waals surface area contributed by atoms with Crippen LogP contribution in [0.25, 0.3) is 0 Å². The highest BCUT2D eigenvalue weighted by Gasteiger charge is 2.42. The Balaban J connectivity index is 1.48. The number of hydrogen-bond acceptors (Lipinski definition) is 6. The maximum atomic E-state index is 14.2. The second kappa shape index (κ2) is 15.2. The van der Waals surface area contributed by atoms with E-state index in [1.54, 1.807) is 37.3 Å². The highest BCUT2D eigenvalue weighted by atomic mass is 32.2. The Morgan fingerprint density at radius 3 is 2.54 bits per heavy atom. The summed E-state index contributed by atoms with van der Waals surface area (Å²) < 4.78 is 102. The first-order valence-electron chi connectivity index (χ1n) is 19.5. The van der Waals surface area contributed by atoms with E-state index in [0.29, 0.717) is 5.56 Å². The summed E-state index contributed by atoms with van der Waals surface area (Å²) in [6.07, 6.45) is -3.68. The van der Waals surface area contributed by atoms with Crippen LogP contribution >= 0.6 is 11.8 Å². The Morgan fingerprint density at radius 1 is 1.02 bits per heavy atom. The number of ether oxygens (including phenoxy) is 2. The number of nitrogens with zero attached hydrogens (tertiary/aromatic N) is 1. The molecule has 0 unspecified atom stereocenters. The van der Waals surface area contributed by atoms with Gasteiger partial charge in [0.05, 0.1) is 28.5 Å². The van der Waals surface area contributed by atoms with Crippen LogP contribution in [0.3, 0.4) is 0 Å². The lowest BCUT2D eigenvalue weighted by Crippen LogP contribution is -2.34. The second-order valence-corrected chi connectivity index (χ2v) is 11.0. The maximum absolute atomic E-state index is 14.2. The van der Waals surface area contributed by atoms with Crippen molar-refractivity contribution in [2.45, 2.75) is 30.3 Å². The van der Waals surface area contributed by atoms with Crippen LogP contribution in [0.1, 0.15) is 66.4 Å². The predicted molar refractivity (Wildman–Crippen MR) is 181 cm³/mol. The molecule has 2 atom stereocenters. The van der Waals surface area contributed by atoms with Gasteiger partial charge in [-0.3, -0.25) is 19.3 Å². The summed E-state index contributed by atoms with van der Waals surface area (Å²) in [6, 6.07) is 15.6. The van der Waals surface area contributed by atoms with Gasteiger partial charge in [0.15, 0.2) is 11.5 Å². The molecule has 0 saturated carbocycles.